The number of para-hydroxylation sites is 1. The maximum absolute atomic E-state index is 12.1. The maximum Gasteiger partial charge on any atom is 0.266 e. The van der Waals surface area contributed by atoms with Crippen LogP contribution >= 0.6 is 15.9 Å². The Bertz CT molecular complexity index is 742. The summed E-state index contributed by atoms with van der Waals surface area (Å²) >= 11 is 3.37. The summed E-state index contributed by atoms with van der Waals surface area (Å²) in [7, 11) is 3.68. The molecule has 0 bridgehead atoms. The molecule has 22 heavy (non-hydrogen) atoms. The summed E-state index contributed by atoms with van der Waals surface area (Å²) in [5, 5.41) is 11.8. The summed E-state index contributed by atoms with van der Waals surface area (Å²) in [4.78, 5) is 13.9. The molecular formula is C16H14BrN3O2. The first-order chi connectivity index (χ1) is 10.5. The first kappa shape index (κ1) is 15.9. The lowest BCUT2D eigenvalue weighted by Gasteiger charge is -2.07. The summed E-state index contributed by atoms with van der Waals surface area (Å²) in [6.45, 7) is 0. The third-order valence-corrected chi connectivity index (χ3v) is 3.35. The van der Waals surface area contributed by atoms with E-state index in [1.807, 2.05) is 26.2 Å². The van der Waals surface area contributed by atoms with Crippen LogP contribution in [-0.2, 0) is 4.79 Å². The number of nitrogens with zero attached hydrogens (tertiary/aromatic N) is 2. The smallest absolute Gasteiger partial charge is 0.266 e. The fourth-order valence-corrected chi connectivity index (χ4v) is 2.42. The predicted molar refractivity (Wildman–Crippen MR) is 89.4 cm³/mol. The number of hydrogen-bond donors (Lipinski definition) is 1. The number of benzene rings is 1. The highest BCUT2D eigenvalue weighted by Gasteiger charge is 2.13. The Morgan fingerprint density at radius 3 is 2.59 bits per heavy atom. The summed E-state index contributed by atoms with van der Waals surface area (Å²) in [5.41, 5.74) is 0.596. The topological polar surface area (TPSA) is 69.3 Å². The molecule has 2 aromatic rings. The Hall–Kier alpha value is -2.52. The standard InChI is InChI=1S/C16H14BrN3O2/c1-20(2)16-14(17)9-13(22-16)8-11(10-18)15(21)19-12-6-4-3-5-7-12/h3-9H,1-2H3,(H,19,21). The zero-order chi connectivity index (χ0) is 16.1. The SMILES string of the molecule is CN(C)c1oc(C=C(C#N)C(=O)Nc2ccccc2)cc1Br. The molecule has 0 aliphatic rings. The highest BCUT2D eigenvalue weighted by atomic mass is 79.9. The van der Waals surface area contributed by atoms with Crippen LogP contribution < -0.4 is 10.2 Å². The Kier molecular flexibility index (Phi) is 5.02. The first-order valence-corrected chi connectivity index (χ1v) is 7.25. The molecule has 0 spiro atoms. The van der Waals surface area contributed by atoms with E-state index in [1.54, 1.807) is 35.2 Å². The number of rotatable bonds is 4. The third kappa shape index (κ3) is 3.77. The Labute approximate surface area is 137 Å². The van der Waals surface area contributed by atoms with Crippen LogP contribution in [-0.4, -0.2) is 20.0 Å². The molecule has 0 fully saturated rings. The van der Waals surface area contributed by atoms with Gasteiger partial charge in [-0.3, -0.25) is 4.79 Å². The molecule has 1 heterocycles. The Balaban J connectivity index is 2.22. The normalized spacial score (nSPS) is 10.9. The van der Waals surface area contributed by atoms with Gasteiger partial charge < -0.3 is 14.6 Å². The monoisotopic (exact) mass is 359 g/mol. The summed E-state index contributed by atoms with van der Waals surface area (Å²) in [6.07, 6.45) is 1.41. The molecule has 5 nitrogen and oxygen atoms in total. The number of carbonyl (C=O) groups is 1. The number of amides is 1. The van der Waals surface area contributed by atoms with Gasteiger partial charge in [0.1, 0.15) is 17.4 Å². The van der Waals surface area contributed by atoms with Crippen molar-refractivity contribution in [2.24, 2.45) is 0 Å². The van der Waals surface area contributed by atoms with Crippen molar-refractivity contribution in [1.82, 2.24) is 0 Å². The minimum absolute atomic E-state index is 0.0320. The largest absolute Gasteiger partial charge is 0.440 e. The zero-order valence-electron chi connectivity index (χ0n) is 12.1. The molecule has 1 amide bonds. The molecule has 0 aliphatic carbocycles. The second-order valence-corrected chi connectivity index (χ2v) is 5.54. The molecule has 0 unspecified atom stereocenters. The second-order valence-electron chi connectivity index (χ2n) is 4.69. The van der Waals surface area contributed by atoms with Crippen LogP contribution in [0.5, 0.6) is 0 Å². The van der Waals surface area contributed by atoms with E-state index in [1.165, 1.54) is 6.08 Å². The molecule has 2 rings (SSSR count). The number of carbonyl (C=O) groups excluding carboxylic acids is 1. The molecule has 0 atom stereocenters. The van der Waals surface area contributed by atoms with Crippen molar-refractivity contribution in [3.8, 4) is 6.07 Å². The van der Waals surface area contributed by atoms with Gasteiger partial charge in [-0.1, -0.05) is 18.2 Å². The summed E-state index contributed by atoms with van der Waals surface area (Å²) < 4.78 is 6.33. The zero-order valence-corrected chi connectivity index (χ0v) is 13.7. The van der Waals surface area contributed by atoms with E-state index in [4.69, 9.17) is 4.42 Å². The minimum Gasteiger partial charge on any atom is -0.440 e. The predicted octanol–water partition coefficient (Wildman–Crippen LogP) is 3.65. The van der Waals surface area contributed by atoms with Crippen LogP contribution in [0.2, 0.25) is 0 Å². The third-order valence-electron chi connectivity index (χ3n) is 2.78. The van der Waals surface area contributed by atoms with E-state index < -0.39 is 5.91 Å². The lowest BCUT2D eigenvalue weighted by atomic mass is 10.2. The molecule has 1 aromatic heterocycles. The fourth-order valence-electron chi connectivity index (χ4n) is 1.76. The maximum atomic E-state index is 12.1. The van der Waals surface area contributed by atoms with Crippen LogP contribution in [0.3, 0.4) is 0 Å². The highest BCUT2D eigenvalue weighted by molar-refractivity contribution is 9.10. The fraction of sp³-hybridized carbons (Fsp3) is 0.125. The van der Waals surface area contributed by atoms with Gasteiger partial charge in [0.15, 0.2) is 0 Å². The van der Waals surface area contributed by atoms with Crippen molar-refractivity contribution in [3.05, 3.63) is 52.2 Å². The van der Waals surface area contributed by atoms with Crippen molar-refractivity contribution in [2.45, 2.75) is 0 Å². The van der Waals surface area contributed by atoms with Gasteiger partial charge in [-0.15, -0.1) is 0 Å². The second kappa shape index (κ2) is 6.96. The van der Waals surface area contributed by atoms with Crippen molar-refractivity contribution in [3.63, 3.8) is 0 Å². The van der Waals surface area contributed by atoms with E-state index in [0.29, 0.717) is 17.3 Å². The van der Waals surface area contributed by atoms with Crippen LogP contribution in [0.4, 0.5) is 11.6 Å². The Morgan fingerprint density at radius 2 is 2.05 bits per heavy atom. The molecular weight excluding hydrogens is 346 g/mol. The van der Waals surface area contributed by atoms with Gasteiger partial charge in [0.25, 0.3) is 5.91 Å². The average molecular weight is 360 g/mol. The van der Waals surface area contributed by atoms with Gasteiger partial charge in [-0.25, -0.2) is 0 Å². The molecule has 6 heteroatoms. The number of halogens is 1. The van der Waals surface area contributed by atoms with Crippen LogP contribution in [0.25, 0.3) is 6.08 Å². The average Bonchev–Trinajstić information content (AvgIpc) is 2.86. The molecule has 0 radical (unpaired) electrons. The van der Waals surface area contributed by atoms with Gasteiger partial charge in [0.2, 0.25) is 5.88 Å². The molecule has 0 aliphatic heterocycles. The number of furan rings is 1. The number of nitriles is 1. The lowest BCUT2D eigenvalue weighted by Crippen LogP contribution is -2.13. The van der Waals surface area contributed by atoms with E-state index in [9.17, 15) is 10.1 Å². The van der Waals surface area contributed by atoms with Gasteiger partial charge in [0, 0.05) is 31.9 Å². The molecule has 1 aromatic carbocycles. The first-order valence-electron chi connectivity index (χ1n) is 6.46. The van der Waals surface area contributed by atoms with Crippen molar-refractivity contribution in [2.75, 3.05) is 24.3 Å². The van der Waals surface area contributed by atoms with E-state index in [0.717, 1.165) is 4.47 Å². The molecule has 0 saturated carbocycles. The van der Waals surface area contributed by atoms with Crippen molar-refractivity contribution in [1.29, 1.82) is 5.26 Å². The quantitative estimate of drug-likeness (QED) is 0.668. The van der Waals surface area contributed by atoms with E-state index >= 15 is 0 Å². The minimum atomic E-state index is -0.479. The van der Waals surface area contributed by atoms with Crippen molar-refractivity contribution < 1.29 is 9.21 Å². The van der Waals surface area contributed by atoms with Crippen LogP contribution in [0.15, 0.2) is 50.9 Å². The van der Waals surface area contributed by atoms with Crippen molar-refractivity contribution >= 4 is 39.5 Å². The van der Waals surface area contributed by atoms with Crippen LogP contribution in [0, 0.1) is 11.3 Å². The van der Waals surface area contributed by atoms with E-state index in [2.05, 4.69) is 21.2 Å². The highest BCUT2D eigenvalue weighted by Crippen LogP contribution is 2.29. The molecule has 112 valence electrons. The summed E-state index contributed by atoms with van der Waals surface area (Å²) in [6, 6.07) is 12.6. The number of nitrogens with one attached hydrogen (secondary N) is 1. The Morgan fingerprint density at radius 1 is 1.36 bits per heavy atom. The van der Waals surface area contributed by atoms with E-state index in [-0.39, 0.29) is 5.57 Å². The number of anilines is 2. The summed E-state index contributed by atoms with van der Waals surface area (Å²) in [5.74, 6) is 0.565. The molecule has 1 N–H and O–H groups in total. The number of hydrogen-bond acceptors (Lipinski definition) is 4. The van der Waals surface area contributed by atoms with Gasteiger partial charge in [-0.2, -0.15) is 5.26 Å². The van der Waals surface area contributed by atoms with Gasteiger partial charge in [-0.05, 0) is 28.1 Å². The van der Waals surface area contributed by atoms with Gasteiger partial charge >= 0.3 is 0 Å². The lowest BCUT2D eigenvalue weighted by molar-refractivity contribution is -0.112. The van der Waals surface area contributed by atoms with Gasteiger partial charge in [0.05, 0.1) is 4.47 Å². The molecule has 0 saturated heterocycles. The van der Waals surface area contributed by atoms with Crippen LogP contribution in [0.1, 0.15) is 5.76 Å².